The van der Waals surface area contributed by atoms with Gasteiger partial charge in [0.2, 0.25) is 0 Å². The van der Waals surface area contributed by atoms with Gasteiger partial charge in [-0.05, 0) is 32.0 Å². The van der Waals surface area contributed by atoms with Gasteiger partial charge >= 0.3 is 0 Å². The first kappa shape index (κ1) is 15.5. The molecule has 0 amide bonds. The summed E-state index contributed by atoms with van der Waals surface area (Å²) in [6.45, 7) is 3.15. The number of fused-ring (bicyclic) bond motifs is 1. The van der Waals surface area contributed by atoms with Gasteiger partial charge in [0.1, 0.15) is 5.52 Å². The highest BCUT2D eigenvalue weighted by molar-refractivity contribution is 7.07. The second-order valence-electron chi connectivity index (χ2n) is 6.58. The predicted octanol–water partition coefficient (Wildman–Crippen LogP) is 2.63. The van der Waals surface area contributed by atoms with Crippen LogP contribution in [-0.2, 0) is 6.54 Å². The molecule has 4 heterocycles. The number of thiazole rings is 1. The quantitative estimate of drug-likeness (QED) is 0.729. The lowest BCUT2D eigenvalue weighted by Gasteiger charge is -2.31. The minimum Gasteiger partial charge on any atom is -0.361 e. The molecule has 0 spiro atoms. The zero-order chi connectivity index (χ0) is 16.5. The van der Waals surface area contributed by atoms with E-state index in [1.165, 1.54) is 5.69 Å². The molecule has 1 aliphatic rings. The van der Waals surface area contributed by atoms with Gasteiger partial charge in [-0.3, -0.25) is 4.90 Å². The first-order valence-electron chi connectivity index (χ1n) is 8.32. The van der Waals surface area contributed by atoms with Crippen LogP contribution in [0.5, 0.6) is 0 Å². The van der Waals surface area contributed by atoms with Gasteiger partial charge in [0.25, 0.3) is 0 Å². The average Bonchev–Trinajstić information content (AvgIpc) is 3.25. The third kappa shape index (κ3) is 3.01. The van der Waals surface area contributed by atoms with Gasteiger partial charge in [-0.15, -0.1) is 11.3 Å². The summed E-state index contributed by atoms with van der Waals surface area (Å²) in [6.07, 6.45) is 6.21. The van der Waals surface area contributed by atoms with Crippen LogP contribution in [0.3, 0.4) is 0 Å². The molecule has 0 atom stereocenters. The van der Waals surface area contributed by atoms with Crippen LogP contribution in [0.2, 0.25) is 0 Å². The number of rotatable bonds is 4. The second kappa shape index (κ2) is 6.49. The summed E-state index contributed by atoms with van der Waals surface area (Å²) >= 11 is 1.67. The van der Waals surface area contributed by atoms with E-state index >= 15 is 0 Å². The van der Waals surface area contributed by atoms with Gasteiger partial charge < -0.3 is 4.90 Å². The van der Waals surface area contributed by atoms with Crippen molar-refractivity contribution in [2.45, 2.75) is 25.3 Å². The van der Waals surface area contributed by atoms with E-state index in [4.69, 9.17) is 4.98 Å². The largest absolute Gasteiger partial charge is 0.361 e. The minimum atomic E-state index is 0.504. The molecule has 0 saturated carbocycles. The van der Waals surface area contributed by atoms with E-state index in [1.54, 1.807) is 11.3 Å². The van der Waals surface area contributed by atoms with Crippen LogP contribution in [0, 0.1) is 0 Å². The third-order valence-electron chi connectivity index (χ3n) is 4.69. The molecule has 1 fully saturated rings. The minimum absolute atomic E-state index is 0.504. The molecule has 0 aromatic carbocycles. The second-order valence-corrected chi connectivity index (χ2v) is 7.29. The predicted molar refractivity (Wildman–Crippen MR) is 96.7 cm³/mol. The zero-order valence-electron chi connectivity index (χ0n) is 14.1. The average molecular weight is 342 g/mol. The van der Waals surface area contributed by atoms with E-state index in [1.807, 2.05) is 36.4 Å². The van der Waals surface area contributed by atoms with E-state index in [9.17, 15) is 0 Å². The van der Waals surface area contributed by atoms with Crippen molar-refractivity contribution in [2.75, 3.05) is 32.1 Å². The molecule has 7 heteroatoms. The Morgan fingerprint density at radius 3 is 2.83 bits per heavy atom. The first-order valence-corrected chi connectivity index (χ1v) is 9.26. The molecule has 126 valence electrons. The van der Waals surface area contributed by atoms with Crippen LogP contribution in [0.25, 0.3) is 5.52 Å². The van der Waals surface area contributed by atoms with Crippen molar-refractivity contribution < 1.29 is 0 Å². The van der Waals surface area contributed by atoms with Crippen molar-refractivity contribution in [3.05, 3.63) is 40.7 Å². The van der Waals surface area contributed by atoms with E-state index in [2.05, 4.69) is 31.5 Å². The molecule has 6 nitrogen and oxygen atoms in total. The molecular weight excluding hydrogens is 320 g/mol. The van der Waals surface area contributed by atoms with Crippen molar-refractivity contribution in [3.63, 3.8) is 0 Å². The SMILES string of the molecule is CN(C)c1nc(C2CCN(Cc3cscn3)CC2)cn2nccc12. The van der Waals surface area contributed by atoms with Gasteiger partial charge in [-0.25, -0.2) is 14.5 Å². The van der Waals surface area contributed by atoms with E-state index < -0.39 is 0 Å². The Labute approximate surface area is 145 Å². The Hall–Kier alpha value is -1.99. The summed E-state index contributed by atoms with van der Waals surface area (Å²) in [5, 5.41) is 6.56. The monoisotopic (exact) mass is 342 g/mol. The topological polar surface area (TPSA) is 49.6 Å². The Balaban J connectivity index is 1.50. The summed E-state index contributed by atoms with van der Waals surface area (Å²) in [5.41, 5.74) is 5.31. The molecule has 0 radical (unpaired) electrons. The van der Waals surface area contributed by atoms with Gasteiger partial charge in [0.05, 0.1) is 29.3 Å². The lowest BCUT2D eigenvalue weighted by Crippen LogP contribution is -2.33. The van der Waals surface area contributed by atoms with Crippen LogP contribution in [0.15, 0.2) is 29.4 Å². The fraction of sp³-hybridized carbons (Fsp3) is 0.471. The Bertz CT molecular complexity index is 802. The number of hydrogen-bond acceptors (Lipinski definition) is 6. The molecule has 0 aliphatic carbocycles. The van der Waals surface area contributed by atoms with Crippen LogP contribution >= 0.6 is 11.3 Å². The van der Waals surface area contributed by atoms with Gasteiger partial charge in [0, 0.05) is 31.9 Å². The maximum atomic E-state index is 4.93. The number of anilines is 1. The molecule has 24 heavy (non-hydrogen) atoms. The standard InChI is InChI=1S/C17H22N6S/c1-21(2)17-16-3-6-19-23(16)10-15(20-17)13-4-7-22(8-5-13)9-14-11-24-12-18-14/h3,6,10-13H,4-5,7-9H2,1-2H3. The van der Waals surface area contributed by atoms with Crippen LogP contribution in [0.4, 0.5) is 5.82 Å². The number of nitrogens with zero attached hydrogens (tertiary/aromatic N) is 6. The fourth-order valence-electron chi connectivity index (χ4n) is 3.39. The van der Waals surface area contributed by atoms with Crippen molar-refractivity contribution in [3.8, 4) is 0 Å². The highest BCUT2D eigenvalue weighted by Gasteiger charge is 2.23. The normalized spacial score (nSPS) is 16.8. The number of hydrogen-bond donors (Lipinski definition) is 0. The van der Waals surface area contributed by atoms with Crippen LogP contribution < -0.4 is 4.90 Å². The summed E-state index contributed by atoms with van der Waals surface area (Å²) in [4.78, 5) is 13.9. The summed E-state index contributed by atoms with van der Waals surface area (Å²) < 4.78 is 1.96. The van der Waals surface area contributed by atoms with E-state index in [0.29, 0.717) is 5.92 Å². The molecule has 3 aromatic rings. The first-order chi connectivity index (χ1) is 11.7. The number of piperidine rings is 1. The fourth-order valence-corrected chi connectivity index (χ4v) is 3.93. The zero-order valence-corrected chi connectivity index (χ0v) is 14.9. The third-order valence-corrected chi connectivity index (χ3v) is 5.32. The summed E-state index contributed by atoms with van der Waals surface area (Å²) in [5.74, 6) is 1.50. The molecule has 3 aromatic heterocycles. The summed E-state index contributed by atoms with van der Waals surface area (Å²) in [7, 11) is 4.07. The number of aromatic nitrogens is 4. The van der Waals surface area contributed by atoms with Gasteiger partial charge in [0.15, 0.2) is 5.82 Å². The lowest BCUT2D eigenvalue weighted by atomic mass is 9.93. The summed E-state index contributed by atoms with van der Waals surface area (Å²) in [6, 6.07) is 2.02. The highest BCUT2D eigenvalue weighted by Crippen LogP contribution is 2.29. The smallest absolute Gasteiger partial charge is 0.154 e. The molecule has 1 saturated heterocycles. The van der Waals surface area contributed by atoms with Crippen molar-refractivity contribution in [1.82, 2.24) is 24.5 Å². The van der Waals surface area contributed by atoms with Crippen molar-refractivity contribution in [1.29, 1.82) is 0 Å². The highest BCUT2D eigenvalue weighted by atomic mass is 32.1. The van der Waals surface area contributed by atoms with Crippen molar-refractivity contribution >= 4 is 22.7 Å². The van der Waals surface area contributed by atoms with Crippen LogP contribution in [0.1, 0.15) is 30.1 Å². The maximum Gasteiger partial charge on any atom is 0.154 e. The lowest BCUT2D eigenvalue weighted by molar-refractivity contribution is 0.201. The van der Waals surface area contributed by atoms with Gasteiger partial charge in [-0.2, -0.15) is 5.10 Å². The molecule has 0 bridgehead atoms. The van der Waals surface area contributed by atoms with Crippen LogP contribution in [-0.4, -0.2) is 51.7 Å². The van der Waals surface area contributed by atoms with E-state index in [0.717, 1.165) is 49.5 Å². The molecule has 0 N–H and O–H groups in total. The van der Waals surface area contributed by atoms with Crippen molar-refractivity contribution in [2.24, 2.45) is 0 Å². The Morgan fingerprint density at radius 2 is 2.12 bits per heavy atom. The Morgan fingerprint density at radius 1 is 1.29 bits per heavy atom. The molecule has 0 unspecified atom stereocenters. The maximum absolute atomic E-state index is 4.93. The Kier molecular flexibility index (Phi) is 4.20. The molecule has 4 rings (SSSR count). The van der Waals surface area contributed by atoms with E-state index in [-0.39, 0.29) is 0 Å². The molecular formula is C17H22N6S. The molecule has 1 aliphatic heterocycles. The number of likely N-dealkylation sites (tertiary alicyclic amines) is 1. The van der Waals surface area contributed by atoms with Gasteiger partial charge in [-0.1, -0.05) is 0 Å².